The molecule has 0 saturated heterocycles. The maximum absolute atomic E-state index is 14.4. The van der Waals surface area contributed by atoms with E-state index in [4.69, 9.17) is 9.84 Å². The van der Waals surface area contributed by atoms with Crippen molar-refractivity contribution in [1.29, 1.82) is 0 Å². The smallest absolute Gasteiger partial charge is 0.307 e. The molecule has 0 spiro atoms. The molecule has 1 heterocycles. The van der Waals surface area contributed by atoms with E-state index in [-0.39, 0.29) is 12.2 Å². The van der Waals surface area contributed by atoms with Crippen molar-refractivity contribution >= 4 is 22.9 Å². The Kier molecular flexibility index (Phi) is 4.52. The Balaban J connectivity index is 2.48. The summed E-state index contributed by atoms with van der Waals surface area (Å²) < 4.78 is 19.6. The number of hydrogen-bond acceptors (Lipinski definition) is 3. The van der Waals surface area contributed by atoms with Gasteiger partial charge in [-0.3, -0.25) is 4.79 Å². The molecule has 4 nitrogen and oxygen atoms in total. The molecule has 0 bridgehead atoms. The summed E-state index contributed by atoms with van der Waals surface area (Å²) >= 11 is 0. The van der Waals surface area contributed by atoms with Crippen LogP contribution in [-0.2, 0) is 11.2 Å². The topological polar surface area (TPSA) is 59.4 Å². The number of carboxylic acids is 1. The summed E-state index contributed by atoms with van der Waals surface area (Å²) in [5, 5.41) is 9.02. The van der Waals surface area contributed by atoms with Crippen LogP contribution in [0.4, 0.5) is 4.39 Å². The Labute approximate surface area is 121 Å². The van der Waals surface area contributed by atoms with E-state index in [1.165, 1.54) is 13.2 Å². The second-order valence-electron chi connectivity index (χ2n) is 4.53. The van der Waals surface area contributed by atoms with Crippen LogP contribution in [0.15, 0.2) is 24.3 Å². The summed E-state index contributed by atoms with van der Waals surface area (Å²) in [6, 6.07) is 5.01. The van der Waals surface area contributed by atoms with E-state index in [0.29, 0.717) is 34.3 Å². The van der Waals surface area contributed by atoms with Gasteiger partial charge >= 0.3 is 5.97 Å². The van der Waals surface area contributed by atoms with Crippen LogP contribution in [0.1, 0.15) is 24.6 Å². The molecule has 2 aromatic rings. The normalized spacial score (nSPS) is 11.2. The van der Waals surface area contributed by atoms with Crippen LogP contribution < -0.4 is 4.74 Å². The number of methoxy groups -OCH3 is 1. The second-order valence-corrected chi connectivity index (χ2v) is 4.53. The molecule has 1 aromatic heterocycles. The Morgan fingerprint density at radius 1 is 1.48 bits per heavy atom. The highest BCUT2D eigenvalue weighted by Crippen LogP contribution is 2.29. The maximum atomic E-state index is 14.4. The minimum absolute atomic E-state index is 0.0772. The van der Waals surface area contributed by atoms with Gasteiger partial charge in [0.05, 0.1) is 24.7 Å². The lowest BCUT2D eigenvalue weighted by Crippen LogP contribution is -1.97. The van der Waals surface area contributed by atoms with Crippen molar-refractivity contribution < 1.29 is 19.0 Å². The average molecular weight is 289 g/mol. The number of halogens is 1. The number of rotatable bonds is 5. The number of nitrogens with zero attached hydrogens (tertiary/aromatic N) is 1. The van der Waals surface area contributed by atoms with Crippen LogP contribution in [0, 0.1) is 5.82 Å². The van der Waals surface area contributed by atoms with Gasteiger partial charge < -0.3 is 9.84 Å². The van der Waals surface area contributed by atoms with Crippen molar-refractivity contribution in [2.45, 2.75) is 19.8 Å². The summed E-state index contributed by atoms with van der Waals surface area (Å²) in [6.45, 7) is 1.86. The van der Waals surface area contributed by atoms with Gasteiger partial charge in [0.1, 0.15) is 11.6 Å². The minimum atomic E-state index is -0.910. The predicted molar refractivity (Wildman–Crippen MR) is 78.9 cm³/mol. The third-order valence-electron chi connectivity index (χ3n) is 3.17. The molecule has 21 heavy (non-hydrogen) atoms. The van der Waals surface area contributed by atoms with Crippen LogP contribution in [0.3, 0.4) is 0 Å². The number of pyridine rings is 1. The molecule has 0 amide bonds. The van der Waals surface area contributed by atoms with Crippen molar-refractivity contribution in [1.82, 2.24) is 4.98 Å². The number of benzene rings is 1. The van der Waals surface area contributed by atoms with Gasteiger partial charge in [-0.15, -0.1) is 0 Å². The average Bonchev–Trinajstić information content (AvgIpc) is 2.46. The molecule has 0 aliphatic heterocycles. The summed E-state index contributed by atoms with van der Waals surface area (Å²) in [6.07, 6.45) is 3.56. The highest BCUT2D eigenvalue weighted by Gasteiger charge is 2.13. The Morgan fingerprint density at radius 2 is 2.24 bits per heavy atom. The van der Waals surface area contributed by atoms with Crippen LogP contribution in [-0.4, -0.2) is 23.2 Å². The summed E-state index contributed by atoms with van der Waals surface area (Å²) in [5.74, 6) is -0.755. The SMILES string of the molecule is CCc1c(OC)cc2nc(/C=C/CC(=O)O)ccc2c1F. The van der Waals surface area contributed by atoms with Gasteiger partial charge in [0.2, 0.25) is 0 Å². The molecule has 0 saturated carbocycles. The van der Waals surface area contributed by atoms with Crippen LogP contribution in [0.2, 0.25) is 0 Å². The highest BCUT2D eigenvalue weighted by atomic mass is 19.1. The largest absolute Gasteiger partial charge is 0.496 e. The molecular formula is C16H16FNO3. The van der Waals surface area contributed by atoms with Gasteiger partial charge in [-0.05, 0) is 24.6 Å². The third-order valence-corrected chi connectivity index (χ3v) is 3.17. The van der Waals surface area contributed by atoms with Crippen molar-refractivity contribution in [3.05, 3.63) is 41.3 Å². The van der Waals surface area contributed by atoms with E-state index in [1.807, 2.05) is 6.92 Å². The molecular weight excluding hydrogens is 273 g/mol. The first kappa shape index (κ1) is 15.0. The molecule has 0 fully saturated rings. The zero-order chi connectivity index (χ0) is 15.4. The molecule has 0 unspecified atom stereocenters. The molecule has 0 aliphatic rings. The maximum Gasteiger partial charge on any atom is 0.307 e. The number of aliphatic carboxylic acids is 1. The van der Waals surface area contributed by atoms with E-state index in [0.717, 1.165) is 0 Å². The molecule has 110 valence electrons. The Morgan fingerprint density at radius 3 is 2.86 bits per heavy atom. The van der Waals surface area contributed by atoms with Crippen molar-refractivity contribution in [2.75, 3.05) is 7.11 Å². The second kappa shape index (κ2) is 6.35. The van der Waals surface area contributed by atoms with Crippen molar-refractivity contribution in [3.8, 4) is 5.75 Å². The van der Waals surface area contributed by atoms with Gasteiger partial charge in [0.25, 0.3) is 0 Å². The number of carbonyl (C=O) groups is 1. The first-order valence-electron chi connectivity index (χ1n) is 6.61. The zero-order valence-corrected chi connectivity index (χ0v) is 11.9. The number of fused-ring (bicyclic) bond motifs is 1. The van der Waals surface area contributed by atoms with Crippen LogP contribution >= 0.6 is 0 Å². The van der Waals surface area contributed by atoms with E-state index in [1.54, 1.807) is 24.3 Å². The first-order valence-corrected chi connectivity index (χ1v) is 6.61. The number of hydrogen-bond donors (Lipinski definition) is 1. The standard InChI is InChI=1S/C16H16FNO3/c1-3-11-14(21-2)9-13-12(16(11)17)8-7-10(18-13)5-4-6-15(19)20/h4-5,7-9H,3,6H2,1-2H3,(H,19,20)/b5-4+. The summed E-state index contributed by atoms with van der Waals surface area (Å²) in [4.78, 5) is 14.8. The van der Waals surface area contributed by atoms with Gasteiger partial charge in [-0.2, -0.15) is 0 Å². The number of carboxylic acid groups (broad SMARTS) is 1. The quantitative estimate of drug-likeness (QED) is 0.916. The Bertz CT molecular complexity index is 710. The van der Waals surface area contributed by atoms with Gasteiger partial charge in [-0.1, -0.05) is 13.0 Å². The fourth-order valence-electron chi connectivity index (χ4n) is 2.15. The minimum Gasteiger partial charge on any atom is -0.496 e. The first-order chi connectivity index (χ1) is 10.1. The highest BCUT2D eigenvalue weighted by molar-refractivity contribution is 5.83. The molecule has 0 atom stereocenters. The lowest BCUT2D eigenvalue weighted by molar-refractivity contribution is -0.135. The third kappa shape index (κ3) is 3.18. The van der Waals surface area contributed by atoms with E-state index < -0.39 is 5.97 Å². The number of ether oxygens (including phenoxy) is 1. The molecule has 0 radical (unpaired) electrons. The molecule has 5 heteroatoms. The summed E-state index contributed by atoms with van der Waals surface area (Å²) in [5.41, 5.74) is 1.59. The lowest BCUT2D eigenvalue weighted by atomic mass is 10.1. The molecule has 2 rings (SSSR count). The van der Waals surface area contributed by atoms with Crippen LogP contribution in [0.5, 0.6) is 5.75 Å². The van der Waals surface area contributed by atoms with Gasteiger partial charge in [0, 0.05) is 17.0 Å². The van der Waals surface area contributed by atoms with E-state index >= 15 is 0 Å². The summed E-state index contributed by atoms with van der Waals surface area (Å²) in [7, 11) is 1.50. The molecule has 1 N–H and O–H groups in total. The van der Waals surface area contributed by atoms with Crippen LogP contribution in [0.25, 0.3) is 17.0 Å². The number of aromatic nitrogens is 1. The van der Waals surface area contributed by atoms with Gasteiger partial charge in [-0.25, -0.2) is 9.37 Å². The fourth-order valence-corrected chi connectivity index (χ4v) is 2.15. The van der Waals surface area contributed by atoms with Crippen molar-refractivity contribution in [3.63, 3.8) is 0 Å². The van der Waals surface area contributed by atoms with Crippen molar-refractivity contribution in [2.24, 2.45) is 0 Å². The zero-order valence-electron chi connectivity index (χ0n) is 11.9. The monoisotopic (exact) mass is 289 g/mol. The van der Waals surface area contributed by atoms with E-state index in [9.17, 15) is 9.18 Å². The Hall–Kier alpha value is -2.43. The van der Waals surface area contributed by atoms with E-state index in [2.05, 4.69) is 4.98 Å². The molecule has 0 aliphatic carbocycles. The lowest BCUT2D eigenvalue weighted by Gasteiger charge is -2.10. The predicted octanol–water partition coefficient (Wildman–Crippen LogP) is 3.43. The fraction of sp³-hybridized carbons (Fsp3) is 0.250. The molecule has 1 aromatic carbocycles. The van der Waals surface area contributed by atoms with Gasteiger partial charge in [0.15, 0.2) is 0 Å².